The van der Waals surface area contributed by atoms with Gasteiger partial charge in [-0.15, -0.1) is 22.7 Å². The Labute approximate surface area is 175 Å². The Balaban J connectivity index is 2.19. The molecule has 0 bridgehead atoms. The lowest BCUT2D eigenvalue weighted by Gasteiger charge is -2.18. The van der Waals surface area contributed by atoms with Gasteiger partial charge in [-0.3, -0.25) is 10.1 Å². The minimum absolute atomic E-state index is 0.0576. The van der Waals surface area contributed by atoms with Gasteiger partial charge in [-0.25, -0.2) is 0 Å². The number of thiophene rings is 2. The highest BCUT2D eigenvalue weighted by molar-refractivity contribution is 7.14. The molecule has 0 fully saturated rings. The molecule has 0 aliphatic heterocycles. The molecule has 5 heteroatoms. The maximum Gasteiger partial charge on any atom is 0.273 e. The number of nitro benzene ring substituents is 1. The Morgan fingerprint density at radius 2 is 1.25 bits per heavy atom. The van der Waals surface area contributed by atoms with Crippen molar-refractivity contribution >= 4 is 28.4 Å². The van der Waals surface area contributed by atoms with Crippen LogP contribution in [0.4, 0.5) is 5.69 Å². The van der Waals surface area contributed by atoms with Gasteiger partial charge in [0.15, 0.2) is 0 Å². The van der Waals surface area contributed by atoms with Crippen molar-refractivity contribution in [2.24, 2.45) is 0 Å². The molecule has 0 radical (unpaired) electrons. The van der Waals surface area contributed by atoms with Crippen LogP contribution in [-0.2, 0) is 10.8 Å². The fraction of sp³-hybridized carbons (Fsp3) is 0.391. The second-order valence-corrected chi connectivity index (χ2v) is 11.4. The van der Waals surface area contributed by atoms with Crippen LogP contribution < -0.4 is 0 Å². The van der Waals surface area contributed by atoms with E-state index in [0.29, 0.717) is 0 Å². The zero-order valence-corrected chi connectivity index (χ0v) is 18.9. The molecule has 148 valence electrons. The van der Waals surface area contributed by atoms with Gasteiger partial charge in [0, 0.05) is 31.1 Å². The summed E-state index contributed by atoms with van der Waals surface area (Å²) in [4.78, 5) is 16.4. The predicted molar refractivity (Wildman–Crippen MR) is 120 cm³/mol. The fourth-order valence-electron chi connectivity index (χ4n) is 3.17. The first-order valence-corrected chi connectivity index (χ1v) is 11.1. The van der Waals surface area contributed by atoms with E-state index in [1.54, 1.807) is 34.8 Å². The van der Waals surface area contributed by atoms with E-state index in [4.69, 9.17) is 0 Å². The van der Waals surface area contributed by atoms with Crippen LogP contribution in [0.15, 0.2) is 48.5 Å². The number of para-hydroxylation sites is 1. The van der Waals surface area contributed by atoms with E-state index >= 15 is 0 Å². The first-order chi connectivity index (χ1) is 13.0. The van der Waals surface area contributed by atoms with Crippen LogP contribution in [0.5, 0.6) is 0 Å². The smallest absolute Gasteiger partial charge is 0.258 e. The quantitative estimate of drug-likeness (QED) is 0.328. The zero-order valence-electron chi connectivity index (χ0n) is 17.3. The lowest BCUT2D eigenvalue weighted by Crippen LogP contribution is -2.08. The molecule has 0 spiro atoms. The third kappa shape index (κ3) is 4.20. The third-order valence-electron chi connectivity index (χ3n) is 4.75. The highest BCUT2D eigenvalue weighted by Crippen LogP contribution is 2.45. The molecule has 3 aromatic rings. The summed E-state index contributed by atoms with van der Waals surface area (Å²) in [5.41, 5.74) is 1.06. The average molecular weight is 414 g/mol. The van der Waals surface area contributed by atoms with Crippen molar-refractivity contribution in [1.29, 1.82) is 0 Å². The summed E-state index contributed by atoms with van der Waals surface area (Å²) in [6.45, 7) is 13.2. The van der Waals surface area contributed by atoms with Crippen molar-refractivity contribution in [3.8, 4) is 0 Å². The summed E-state index contributed by atoms with van der Waals surface area (Å²) in [5, 5.41) is 11.7. The summed E-state index contributed by atoms with van der Waals surface area (Å²) < 4.78 is 0. The van der Waals surface area contributed by atoms with E-state index in [1.807, 2.05) is 12.1 Å². The van der Waals surface area contributed by atoms with Crippen LogP contribution in [0.1, 0.15) is 72.5 Å². The van der Waals surface area contributed by atoms with Crippen LogP contribution >= 0.6 is 22.7 Å². The molecule has 3 nitrogen and oxygen atoms in total. The number of rotatable bonds is 4. The minimum atomic E-state index is -0.265. The zero-order chi connectivity index (χ0) is 20.7. The highest BCUT2D eigenvalue weighted by Gasteiger charge is 2.29. The normalized spacial score (nSPS) is 12.5. The molecule has 2 heterocycles. The number of hydrogen-bond donors (Lipinski definition) is 0. The Morgan fingerprint density at radius 3 is 1.64 bits per heavy atom. The molecule has 0 atom stereocenters. The van der Waals surface area contributed by atoms with Gasteiger partial charge in [-0.05, 0) is 35.1 Å². The summed E-state index contributed by atoms with van der Waals surface area (Å²) in [7, 11) is 0. The van der Waals surface area contributed by atoms with Crippen molar-refractivity contribution in [2.75, 3.05) is 0 Å². The van der Waals surface area contributed by atoms with Gasteiger partial charge in [0.25, 0.3) is 5.69 Å². The lowest BCUT2D eigenvalue weighted by molar-refractivity contribution is -0.385. The fourth-order valence-corrected chi connectivity index (χ4v) is 5.65. The largest absolute Gasteiger partial charge is 0.273 e. The predicted octanol–water partition coefficient (Wildman–Crippen LogP) is 7.49. The molecule has 28 heavy (non-hydrogen) atoms. The van der Waals surface area contributed by atoms with Crippen LogP contribution in [0.2, 0.25) is 0 Å². The van der Waals surface area contributed by atoms with Crippen molar-refractivity contribution in [3.05, 3.63) is 83.7 Å². The number of hydrogen-bond acceptors (Lipinski definition) is 4. The maximum absolute atomic E-state index is 11.7. The highest BCUT2D eigenvalue weighted by atomic mass is 32.1. The molecule has 1 aromatic carbocycles. The summed E-state index contributed by atoms with van der Waals surface area (Å²) >= 11 is 3.52. The molecule has 0 N–H and O–H groups in total. The molecule has 0 saturated carbocycles. The van der Waals surface area contributed by atoms with Crippen LogP contribution in [0.3, 0.4) is 0 Å². The Kier molecular flexibility index (Phi) is 5.52. The SMILES string of the molecule is CC(C)(C)c1ccc(C(c2ccc(C(C)(C)C)s2)c2ccccc2[N+](=O)[O-])s1. The van der Waals surface area contributed by atoms with Crippen molar-refractivity contribution in [1.82, 2.24) is 0 Å². The molecule has 3 rings (SSSR count). The first-order valence-electron chi connectivity index (χ1n) is 9.42. The van der Waals surface area contributed by atoms with Gasteiger partial charge < -0.3 is 0 Å². The van der Waals surface area contributed by atoms with Crippen LogP contribution in [0, 0.1) is 10.1 Å². The third-order valence-corrected chi connectivity index (χ3v) is 7.90. The van der Waals surface area contributed by atoms with E-state index in [2.05, 4.69) is 65.8 Å². The topological polar surface area (TPSA) is 43.1 Å². The van der Waals surface area contributed by atoms with Crippen LogP contribution in [0.25, 0.3) is 0 Å². The summed E-state index contributed by atoms with van der Waals surface area (Å²) in [6.07, 6.45) is 0. The lowest BCUT2D eigenvalue weighted by atomic mass is 9.92. The number of benzene rings is 1. The second-order valence-electron chi connectivity index (χ2n) is 9.15. The van der Waals surface area contributed by atoms with Crippen molar-refractivity contribution in [2.45, 2.75) is 58.3 Å². The van der Waals surface area contributed by atoms with Gasteiger partial charge in [0.1, 0.15) is 0 Å². The van der Waals surface area contributed by atoms with Gasteiger partial charge in [0.05, 0.1) is 10.8 Å². The van der Waals surface area contributed by atoms with Gasteiger partial charge in [-0.1, -0.05) is 59.7 Å². The molecular weight excluding hydrogens is 386 g/mol. The second kappa shape index (κ2) is 7.45. The molecule has 0 aliphatic rings. The van der Waals surface area contributed by atoms with Gasteiger partial charge >= 0.3 is 0 Å². The molecule has 2 aromatic heterocycles. The average Bonchev–Trinajstić information content (AvgIpc) is 3.24. The number of nitro groups is 1. The molecular formula is C23H27NO2S2. The Morgan fingerprint density at radius 1 is 0.786 bits per heavy atom. The van der Waals surface area contributed by atoms with Crippen molar-refractivity contribution < 1.29 is 4.92 Å². The molecule has 0 saturated heterocycles. The van der Waals surface area contributed by atoms with E-state index < -0.39 is 0 Å². The number of nitrogens with zero attached hydrogens (tertiary/aromatic N) is 1. The standard InChI is InChI=1S/C23H27NO2S2/c1-22(2,3)19-13-11-17(27-19)21(15-9-7-8-10-16(15)24(25)26)18-12-14-20(28-18)23(4,5)6/h7-14,21H,1-6H3. The summed E-state index contributed by atoms with van der Waals surface area (Å²) in [6, 6.07) is 15.8. The Bertz CT molecular complexity index is 934. The van der Waals surface area contributed by atoms with E-state index in [1.165, 1.54) is 9.75 Å². The summed E-state index contributed by atoms with van der Waals surface area (Å²) in [5.74, 6) is -0.121. The molecule has 0 aliphatic carbocycles. The first kappa shape index (κ1) is 20.7. The van der Waals surface area contributed by atoms with Gasteiger partial charge in [0.2, 0.25) is 0 Å². The van der Waals surface area contributed by atoms with Crippen LogP contribution in [-0.4, -0.2) is 4.92 Å². The van der Waals surface area contributed by atoms with E-state index in [0.717, 1.165) is 15.3 Å². The monoisotopic (exact) mass is 413 g/mol. The molecule has 0 unspecified atom stereocenters. The van der Waals surface area contributed by atoms with E-state index in [-0.39, 0.29) is 27.4 Å². The van der Waals surface area contributed by atoms with E-state index in [9.17, 15) is 10.1 Å². The maximum atomic E-state index is 11.7. The molecule has 0 amide bonds. The van der Waals surface area contributed by atoms with Gasteiger partial charge in [-0.2, -0.15) is 0 Å². The Hall–Kier alpha value is -1.98. The van der Waals surface area contributed by atoms with Crippen molar-refractivity contribution in [3.63, 3.8) is 0 Å². The minimum Gasteiger partial charge on any atom is -0.258 e.